The average Bonchev–Trinajstić information content (AvgIpc) is 3.01. The second-order valence-electron chi connectivity index (χ2n) is 6.42. The fourth-order valence-electron chi connectivity index (χ4n) is 2.63. The van der Waals surface area contributed by atoms with Crippen LogP contribution in [0.3, 0.4) is 0 Å². The molecule has 2 heterocycles. The Bertz CT molecular complexity index is 480. The number of likely N-dealkylation sites (N-methyl/N-ethyl adjacent to an activating group) is 1. The van der Waals surface area contributed by atoms with Crippen molar-refractivity contribution in [3.63, 3.8) is 0 Å². The summed E-state index contributed by atoms with van der Waals surface area (Å²) in [5, 5.41) is 3.32. The van der Waals surface area contributed by atoms with Crippen LogP contribution in [-0.4, -0.2) is 54.0 Å². The highest BCUT2D eigenvalue weighted by Gasteiger charge is 2.23. The summed E-state index contributed by atoms with van der Waals surface area (Å²) in [7, 11) is 3.57. The van der Waals surface area contributed by atoms with E-state index in [0.717, 1.165) is 24.6 Å². The standard InChI is InChI=1S/C16H27N5O/c1-12(2)14(15(22)20(3)4)17-9-13-10-18-16(19-11-13)21-7-5-6-8-21/h10-12,14,17H,5-9H2,1-4H3. The molecule has 1 fully saturated rings. The molecule has 0 aromatic carbocycles. The van der Waals surface area contributed by atoms with E-state index in [0.29, 0.717) is 6.54 Å². The molecule has 1 aliphatic heterocycles. The van der Waals surface area contributed by atoms with Gasteiger partial charge in [0.1, 0.15) is 0 Å². The monoisotopic (exact) mass is 305 g/mol. The summed E-state index contributed by atoms with van der Waals surface area (Å²) in [6.45, 7) is 6.79. The lowest BCUT2D eigenvalue weighted by atomic mass is 10.0. The van der Waals surface area contributed by atoms with Crippen LogP contribution in [0.2, 0.25) is 0 Å². The molecule has 0 spiro atoms. The predicted molar refractivity (Wildman–Crippen MR) is 87.6 cm³/mol. The fraction of sp³-hybridized carbons (Fsp3) is 0.688. The molecule has 2 rings (SSSR count). The van der Waals surface area contributed by atoms with Crippen LogP contribution in [-0.2, 0) is 11.3 Å². The first kappa shape index (κ1) is 16.7. The maximum Gasteiger partial charge on any atom is 0.239 e. The molecule has 1 amide bonds. The molecule has 6 heteroatoms. The van der Waals surface area contributed by atoms with Crippen molar-refractivity contribution in [2.24, 2.45) is 5.92 Å². The molecule has 1 atom stereocenters. The highest BCUT2D eigenvalue weighted by molar-refractivity contribution is 5.81. The average molecular weight is 305 g/mol. The van der Waals surface area contributed by atoms with E-state index >= 15 is 0 Å². The molecule has 1 N–H and O–H groups in total. The number of aromatic nitrogens is 2. The predicted octanol–water partition coefficient (Wildman–Crippen LogP) is 1.28. The van der Waals surface area contributed by atoms with Gasteiger partial charge in [0.15, 0.2) is 0 Å². The molecule has 1 saturated heterocycles. The lowest BCUT2D eigenvalue weighted by Crippen LogP contribution is -2.46. The topological polar surface area (TPSA) is 61.4 Å². The Morgan fingerprint density at radius 1 is 1.27 bits per heavy atom. The van der Waals surface area contributed by atoms with Crippen molar-refractivity contribution in [2.75, 3.05) is 32.1 Å². The number of anilines is 1. The first-order chi connectivity index (χ1) is 10.5. The maximum atomic E-state index is 12.2. The molecule has 122 valence electrons. The second kappa shape index (κ2) is 7.54. The molecule has 1 unspecified atom stereocenters. The van der Waals surface area contributed by atoms with Crippen LogP contribution in [0.25, 0.3) is 0 Å². The quantitative estimate of drug-likeness (QED) is 0.858. The molecule has 1 aliphatic rings. The number of hydrogen-bond acceptors (Lipinski definition) is 5. The van der Waals surface area contributed by atoms with E-state index in [1.807, 2.05) is 26.2 Å². The highest BCUT2D eigenvalue weighted by Crippen LogP contribution is 2.15. The van der Waals surface area contributed by atoms with Crippen LogP contribution in [0, 0.1) is 5.92 Å². The smallest absolute Gasteiger partial charge is 0.239 e. The summed E-state index contributed by atoms with van der Waals surface area (Å²) in [5.74, 6) is 1.15. The third-order valence-electron chi connectivity index (χ3n) is 3.98. The van der Waals surface area contributed by atoms with Gasteiger partial charge < -0.3 is 15.1 Å². The summed E-state index contributed by atoms with van der Waals surface area (Å²) < 4.78 is 0. The Labute approximate surface area is 132 Å². The Morgan fingerprint density at radius 2 is 1.86 bits per heavy atom. The van der Waals surface area contributed by atoms with Gasteiger partial charge in [0.25, 0.3) is 0 Å². The third-order valence-corrected chi connectivity index (χ3v) is 3.98. The molecular formula is C16H27N5O. The van der Waals surface area contributed by atoms with Gasteiger partial charge in [-0.2, -0.15) is 0 Å². The van der Waals surface area contributed by atoms with Gasteiger partial charge in [-0.15, -0.1) is 0 Å². The van der Waals surface area contributed by atoms with Crippen molar-refractivity contribution in [1.29, 1.82) is 0 Å². The molecule has 0 radical (unpaired) electrons. The zero-order chi connectivity index (χ0) is 16.1. The van der Waals surface area contributed by atoms with Gasteiger partial charge in [0.05, 0.1) is 6.04 Å². The Hall–Kier alpha value is -1.69. The van der Waals surface area contributed by atoms with Gasteiger partial charge in [0.2, 0.25) is 11.9 Å². The zero-order valence-corrected chi connectivity index (χ0v) is 14.0. The van der Waals surface area contributed by atoms with E-state index in [4.69, 9.17) is 0 Å². The molecule has 0 bridgehead atoms. The molecular weight excluding hydrogens is 278 g/mol. The first-order valence-electron chi connectivity index (χ1n) is 7.99. The van der Waals surface area contributed by atoms with Crippen LogP contribution in [0.15, 0.2) is 12.4 Å². The van der Waals surface area contributed by atoms with Crippen LogP contribution in [0.5, 0.6) is 0 Å². The minimum Gasteiger partial charge on any atom is -0.347 e. The summed E-state index contributed by atoms with van der Waals surface area (Å²) in [5.41, 5.74) is 1.00. The number of carbonyl (C=O) groups excluding carboxylic acids is 1. The number of rotatable bonds is 6. The molecule has 0 aliphatic carbocycles. The molecule has 1 aromatic rings. The van der Waals surface area contributed by atoms with Gasteiger partial charge in [-0.25, -0.2) is 9.97 Å². The van der Waals surface area contributed by atoms with Crippen molar-refractivity contribution in [2.45, 2.75) is 39.3 Å². The van der Waals surface area contributed by atoms with E-state index in [1.54, 1.807) is 19.0 Å². The molecule has 6 nitrogen and oxygen atoms in total. The van der Waals surface area contributed by atoms with Gasteiger partial charge in [-0.1, -0.05) is 13.8 Å². The van der Waals surface area contributed by atoms with E-state index in [9.17, 15) is 4.79 Å². The highest BCUT2D eigenvalue weighted by atomic mass is 16.2. The first-order valence-corrected chi connectivity index (χ1v) is 7.99. The van der Waals surface area contributed by atoms with Crippen molar-refractivity contribution < 1.29 is 4.79 Å². The second-order valence-corrected chi connectivity index (χ2v) is 6.42. The fourth-order valence-corrected chi connectivity index (χ4v) is 2.63. The minimum atomic E-state index is -0.187. The summed E-state index contributed by atoms with van der Waals surface area (Å²) in [4.78, 5) is 24.9. The van der Waals surface area contributed by atoms with Crippen molar-refractivity contribution in [3.05, 3.63) is 18.0 Å². The molecule has 22 heavy (non-hydrogen) atoms. The zero-order valence-electron chi connectivity index (χ0n) is 14.0. The minimum absolute atomic E-state index is 0.101. The van der Waals surface area contributed by atoms with Gasteiger partial charge in [-0.3, -0.25) is 4.79 Å². The Kier molecular flexibility index (Phi) is 5.71. The molecule has 0 saturated carbocycles. The molecule has 1 aromatic heterocycles. The lowest BCUT2D eigenvalue weighted by Gasteiger charge is -2.24. The van der Waals surface area contributed by atoms with E-state index in [1.165, 1.54) is 12.8 Å². The third kappa shape index (κ3) is 4.16. The van der Waals surface area contributed by atoms with E-state index < -0.39 is 0 Å². The number of carbonyl (C=O) groups is 1. The van der Waals surface area contributed by atoms with Crippen LogP contribution >= 0.6 is 0 Å². The number of hydrogen-bond donors (Lipinski definition) is 1. The Morgan fingerprint density at radius 3 is 2.36 bits per heavy atom. The van der Waals surface area contributed by atoms with Gasteiger partial charge in [0, 0.05) is 51.7 Å². The normalized spacial score (nSPS) is 16.1. The largest absolute Gasteiger partial charge is 0.347 e. The Balaban J connectivity index is 1.93. The van der Waals surface area contributed by atoms with Crippen molar-refractivity contribution in [1.82, 2.24) is 20.2 Å². The van der Waals surface area contributed by atoms with Crippen LogP contribution < -0.4 is 10.2 Å². The van der Waals surface area contributed by atoms with Gasteiger partial charge in [-0.05, 0) is 18.8 Å². The summed E-state index contributed by atoms with van der Waals surface area (Å²) in [6.07, 6.45) is 6.14. The van der Waals surface area contributed by atoms with E-state index in [2.05, 4.69) is 20.2 Å². The number of amides is 1. The van der Waals surface area contributed by atoms with Crippen LogP contribution in [0.1, 0.15) is 32.3 Å². The summed E-state index contributed by atoms with van der Waals surface area (Å²) >= 11 is 0. The number of nitrogens with zero attached hydrogens (tertiary/aromatic N) is 4. The lowest BCUT2D eigenvalue weighted by molar-refractivity contribution is -0.132. The van der Waals surface area contributed by atoms with Gasteiger partial charge >= 0.3 is 0 Å². The summed E-state index contributed by atoms with van der Waals surface area (Å²) in [6, 6.07) is -0.187. The van der Waals surface area contributed by atoms with E-state index in [-0.39, 0.29) is 17.9 Å². The van der Waals surface area contributed by atoms with Crippen molar-refractivity contribution >= 4 is 11.9 Å². The number of nitrogens with one attached hydrogen (secondary N) is 1. The maximum absolute atomic E-state index is 12.2. The SMILES string of the molecule is CC(C)C(NCc1cnc(N2CCCC2)nc1)C(=O)N(C)C. The van der Waals surface area contributed by atoms with Crippen molar-refractivity contribution in [3.8, 4) is 0 Å². The van der Waals surface area contributed by atoms with Crippen LogP contribution in [0.4, 0.5) is 5.95 Å².